The van der Waals surface area contributed by atoms with Crippen LogP contribution in [0.3, 0.4) is 0 Å². The molecule has 1 N–H and O–H groups in total. The van der Waals surface area contributed by atoms with E-state index in [1.807, 2.05) is 38.3 Å². The molecule has 0 saturated heterocycles. The Morgan fingerprint density at radius 3 is 2.68 bits per heavy atom. The molecule has 0 aliphatic heterocycles. The van der Waals surface area contributed by atoms with Crippen LogP contribution in [0.1, 0.15) is 51.5 Å². The maximum absolute atomic E-state index is 11.7. The molecule has 0 aromatic carbocycles. The monoisotopic (exact) mass is 298 g/mol. The van der Waals surface area contributed by atoms with Crippen LogP contribution < -0.4 is 5.32 Å². The molecule has 1 fully saturated rings. The highest BCUT2D eigenvalue weighted by Gasteiger charge is 2.13. The Kier molecular flexibility index (Phi) is 5.93. The average molecular weight is 298 g/mol. The van der Waals surface area contributed by atoms with E-state index in [1.54, 1.807) is 0 Å². The smallest absolute Gasteiger partial charge is 0.225 e. The van der Waals surface area contributed by atoms with Gasteiger partial charge in [0.1, 0.15) is 5.82 Å². The van der Waals surface area contributed by atoms with E-state index in [0.717, 1.165) is 11.1 Å². The summed E-state index contributed by atoms with van der Waals surface area (Å²) in [6.07, 6.45) is 11.7. The first-order chi connectivity index (χ1) is 10.6. The van der Waals surface area contributed by atoms with Gasteiger partial charge in [0.05, 0.1) is 0 Å². The van der Waals surface area contributed by atoms with Gasteiger partial charge in [-0.1, -0.05) is 45.4 Å². The van der Waals surface area contributed by atoms with Crippen molar-refractivity contribution < 1.29 is 4.79 Å². The van der Waals surface area contributed by atoms with Crippen molar-refractivity contribution in [1.82, 2.24) is 4.98 Å². The van der Waals surface area contributed by atoms with Crippen LogP contribution in [-0.2, 0) is 4.79 Å². The molecule has 0 unspecified atom stereocenters. The van der Waals surface area contributed by atoms with Gasteiger partial charge in [-0.2, -0.15) is 0 Å². The highest BCUT2D eigenvalue weighted by molar-refractivity contribution is 5.90. The molecule has 1 heterocycles. The van der Waals surface area contributed by atoms with Gasteiger partial charge in [-0.3, -0.25) is 4.79 Å². The standard InChI is InChI=1S/C19H26N2O/c1-4-16(12-15-7-5-6-8-15)17-9-10-18(20-13-17)21-19(22)11-14(2)3/h4,9-10,12-15H,1,5-8,11H2,2-3H3,(H,20,21,22)/b16-12-. The summed E-state index contributed by atoms with van der Waals surface area (Å²) in [5.41, 5.74) is 2.20. The second-order valence-corrected chi connectivity index (χ2v) is 6.45. The third-order valence-corrected chi connectivity index (χ3v) is 3.99. The number of anilines is 1. The third kappa shape index (κ3) is 4.83. The molecule has 2 rings (SSSR count). The van der Waals surface area contributed by atoms with Crippen LogP contribution in [0.5, 0.6) is 0 Å². The fourth-order valence-corrected chi connectivity index (χ4v) is 2.86. The van der Waals surface area contributed by atoms with Gasteiger partial charge in [-0.15, -0.1) is 0 Å². The minimum atomic E-state index is 0.0145. The lowest BCUT2D eigenvalue weighted by molar-refractivity contribution is -0.116. The Hall–Kier alpha value is -1.90. The second-order valence-electron chi connectivity index (χ2n) is 6.45. The predicted molar refractivity (Wildman–Crippen MR) is 92.5 cm³/mol. The summed E-state index contributed by atoms with van der Waals surface area (Å²) in [7, 11) is 0. The van der Waals surface area contributed by atoms with E-state index in [1.165, 1.54) is 25.7 Å². The highest BCUT2D eigenvalue weighted by Crippen LogP contribution is 2.29. The summed E-state index contributed by atoms with van der Waals surface area (Å²) < 4.78 is 0. The molecule has 1 aliphatic carbocycles. The number of aromatic nitrogens is 1. The SMILES string of the molecule is C=C/C(=C/C1CCCC1)c1ccc(NC(=O)CC(C)C)nc1. The first-order valence-corrected chi connectivity index (χ1v) is 8.19. The van der Waals surface area contributed by atoms with Crippen LogP contribution in [0, 0.1) is 11.8 Å². The van der Waals surface area contributed by atoms with Gasteiger partial charge in [-0.25, -0.2) is 4.98 Å². The van der Waals surface area contributed by atoms with Gasteiger partial charge < -0.3 is 5.32 Å². The Morgan fingerprint density at radius 2 is 2.14 bits per heavy atom. The number of nitrogens with one attached hydrogen (secondary N) is 1. The molecule has 1 aliphatic rings. The molecule has 1 aromatic rings. The zero-order chi connectivity index (χ0) is 15.9. The largest absolute Gasteiger partial charge is 0.311 e. The summed E-state index contributed by atoms with van der Waals surface area (Å²) in [6, 6.07) is 3.86. The number of nitrogens with zero attached hydrogens (tertiary/aromatic N) is 1. The number of allylic oxidation sites excluding steroid dienone is 3. The molecular weight excluding hydrogens is 272 g/mol. The predicted octanol–water partition coefficient (Wildman–Crippen LogP) is 4.83. The van der Waals surface area contributed by atoms with Gasteiger partial charge in [0.25, 0.3) is 0 Å². The van der Waals surface area contributed by atoms with Crippen molar-refractivity contribution in [3.05, 3.63) is 42.6 Å². The number of carbonyl (C=O) groups is 1. The van der Waals surface area contributed by atoms with Crippen molar-refractivity contribution in [1.29, 1.82) is 0 Å². The normalized spacial score (nSPS) is 16.0. The Balaban J connectivity index is 2.03. The van der Waals surface area contributed by atoms with E-state index in [4.69, 9.17) is 0 Å². The fraction of sp³-hybridized carbons (Fsp3) is 0.474. The first-order valence-electron chi connectivity index (χ1n) is 8.19. The number of amides is 1. The maximum Gasteiger partial charge on any atom is 0.225 e. The van der Waals surface area contributed by atoms with Crippen LogP contribution in [0.4, 0.5) is 5.82 Å². The number of hydrogen-bond acceptors (Lipinski definition) is 2. The number of pyridine rings is 1. The zero-order valence-corrected chi connectivity index (χ0v) is 13.6. The van der Waals surface area contributed by atoms with Gasteiger partial charge >= 0.3 is 0 Å². The molecule has 0 atom stereocenters. The van der Waals surface area contributed by atoms with Crippen molar-refractivity contribution in [2.75, 3.05) is 5.32 Å². The Morgan fingerprint density at radius 1 is 1.41 bits per heavy atom. The van der Waals surface area contributed by atoms with Gasteiger partial charge in [0.2, 0.25) is 5.91 Å². The number of carbonyl (C=O) groups excluding carboxylic acids is 1. The molecule has 22 heavy (non-hydrogen) atoms. The molecule has 3 nitrogen and oxygen atoms in total. The zero-order valence-electron chi connectivity index (χ0n) is 13.6. The van der Waals surface area contributed by atoms with E-state index in [2.05, 4.69) is 23.0 Å². The summed E-state index contributed by atoms with van der Waals surface area (Å²) in [6.45, 7) is 7.97. The van der Waals surface area contributed by atoms with Crippen LogP contribution in [0.2, 0.25) is 0 Å². The molecule has 0 spiro atoms. The van der Waals surface area contributed by atoms with E-state index in [9.17, 15) is 4.79 Å². The van der Waals surface area contributed by atoms with Crippen LogP contribution in [0.15, 0.2) is 37.1 Å². The van der Waals surface area contributed by atoms with E-state index in [0.29, 0.717) is 24.1 Å². The van der Waals surface area contributed by atoms with E-state index in [-0.39, 0.29) is 5.91 Å². The van der Waals surface area contributed by atoms with E-state index < -0.39 is 0 Å². The molecule has 1 amide bonds. The van der Waals surface area contributed by atoms with Gasteiger partial charge in [-0.05, 0) is 47.9 Å². The molecule has 1 aromatic heterocycles. The van der Waals surface area contributed by atoms with Crippen molar-refractivity contribution in [2.45, 2.75) is 46.0 Å². The summed E-state index contributed by atoms with van der Waals surface area (Å²) in [5.74, 6) is 1.64. The first kappa shape index (κ1) is 16.5. The summed E-state index contributed by atoms with van der Waals surface area (Å²) in [5, 5.41) is 2.84. The van der Waals surface area contributed by atoms with Crippen molar-refractivity contribution >= 4 is 17.3 Å². The highest BCUT2D eigenvalue weighted by atomic mass is 16.1. The summed E-state index contributed by atoms with van der Waals surface area (Å²) >= 11 is 0. The molecular formula is C19H26N2O. The quantitative estimate of drug-likeness (QED) is 0.765. The molecule has 1 saturated carbocycles. The third-order valence-electron chi connectivity index (χ3n) is 3.99. The molecule has 0 bridgehead atoms. The van der Waals surface area contributed by atoms with Crippen LogP contribution >= 0.6 is 0 Å². The summed E-state index contributed by atoms with van der Waals surface area (Å²) in [4.78, 5) is 16.1. The minimum Gasteiger partial charge on any atom is -0.311 e. The Bertz CT molecular complexity index is 537. The van der Waals surface area contributed by atoms with E-state index >= 15 is 0 Å². The lowest BCUT2D eigenvalue weighted by Crippen LogP contribution is -2.14. The molecule has 118 valence electrons. The lowest BCUT2D eigenvalue weighted by Gasteiger charge is -2.09. The van der Waals surface area contributed by atoms with Crippen molar-refractivity contribution in [3.8, 4) is 0 Å². The maximum atomic E-state index is 11.7. The molecule has 3 heteroatoms. The van der Waals surface area contributed by atoms with Crippen molar-refractivity contribution in [3.63, 3.8) is 0 Å². The van der Waals surface area contributed by atoms with Gasteiger partial charge in [0, 0.05) is 12.6 Å². The fourth-order valence-electron chi connectivity index (χ4n) is 2.86. The minimum absolute atomic E-state index is 0.0145. The average Bonchev–Trinajstić information content (AvgIpc) is 2.98. The Labute approximate surface area is 133 Å². The lowest BCUT2D eigenvalue weighted by atomic mass is 10.00. The van der Waals surface area contributed by atoms with Crippen LogP contribution in [-0.4, -0.2) is 10.9 Å². The van der Waals surface area contributed by atoms with Gasteiger partial charge in [0.15, 0.2) is 0 Å². The molecule has 0 radical (unpaired) electrons. The van der Waals surface area contributed by atoms with Crippen LogP contribution in [0.25, 0.3) is 5.57 Å². The number of rotatable bonds is 6. The van der Waals surface area contributed by atoms with Crippen molar-refractivity contribution in [2.24, 2.45) is 11.8 Å². The number of hydrogen-bond donors (Lipinski definition) is 1. The topological polar surface area (TPSA) is 42.0 Å². The second kappa shape index (κ2) is 7.92.